The van der Waals surface area contributed by atoms with Gasteiger partial charge in [0.25, 0.3) is 5.91 Å². The van der Waals surface area contributed by atoms with Gasteiger partial charge in [0.1, 0.15) is 5.75 Å². The lowest BCUT2D eigenvalue weighted by molar-refractivity contribution is -0.136. The summed E-state index contributed by atoms with van der Waals surface area (Å²) in [5.74, 6) is 1.11. The summed E-state index contributed by atoms with van der Waals surface area (Å²) in [5, 5.41) is 9.70. The van der Waals surface area contributed by atoms with E-state index in [-0.39, 0.29) is 17.7 Å². The molecule has 2 aliphatic rings. The number of likely N-dealkylation sites (tertiary alicyclic amines) is 2. The van der Waals surface area contributed by atoms with Crippen LogP contribution in [-0.2, 0) is 17.8 Å². The second-order valence-corrected chi connectivity index (χ2v) is 11.3. The highest BCUT2D eigenvalue weighted by molar-refractivity contribution is 6.30. The summed E-state index contributed by atoms with van der Waals surface area (Å²) in [6.07, 6.45) is 3.94. The van der Waals surface area contributed by atoms with Crippen LogP contribution in [-0.4, -0.2) is 60.1 Å². The first-order valence-electron chi connectivity index (χ1n) is 13.8. The zero-order valence-electron chi connectivity index (χ0n) is 22.8. The number of halogens is 1. The number of carbonyl (C=O) groups is 2. The summed E-state index contributed by atoms with van der Waals surface area (Å²) in [7, 11) is 1.64. The number of rotatable bonds is 8. The van der Waals surface area contributed by atoms with Gasteiger partial charge in [0.15, 0.2) is 11.5 Å². The molecular weight excluding hydrogens is 528 g/mol. The molecule has 1 spiro atoms. The van der Waals surface area contributed by atoms with Crippen LogP contribution in [0.1, 0.15) is 47.2 Å². The number of amides is 1. The molecule has 2 fully saturated rings. The molecule has 0 bridgehead atoms. The third-order valence-corrected chi connectivity index (χ3v) is 8.50. The first-order valence-corrected chi connectivity index (χ1v) is 14.1. The largest absolute Gasteiger partial charge is 0.493 e. The topological polar surface area (TPSA) is 79.3 Å². The van der Waals surface area contributed by atoms with Gasteiger partial charge in [0.2, 0.25) is 0 Å². The van der Waals surface area contributed by atoms with Crippen LogP contribution in [0.25, 0.3) is 0 Å². The molecule has 210 valence electrons. The summed E-state index contributed by atoms with van der Waals surface area (Å²) in [5.41, 5.74) is 2.38. The van der Waals surface area contributed by atoms with Gasteiger partial charge in [0.05, 0.1) is 13.5 Å². The Morgan fingerprint density at radius 1 is 0.900 bits per heavy atom. The zero-order chi connectivity index (χ0) is 28.1. The van der Waals surface area contributed by atoms with Crippen molar-refractivity contribution in [3.63, 3.8) is 0 Å². The number of carboxylic acids is 1. The van der Waals surface area contributed by atoms with E-state index in [1.165, 1.54) is 5.56 Å². The second-order valence-electron chi connectivity index (χ2n) is 10.8. The maximum atomic E-state index is 13.3. The van der Waals surface area contributed by atoms with Crippen LogP contribution in [0, 0.1) is 5.41 Å². The summed E-state index contributed by atoms with van der Waals surface area (Å²) < 4.78 is 11.5. The van der Waals surface area contributed by atoms with Crippen molar-refractivity contribution in [2.24, 2.45) is 5.41 Å². The van der Waals surface area contributed by atoms with Crippen molar-refractivity contribution in [2.75, 3.05) is 33.3 Å². The number of methoxy groups -OCH3 is 1. The molecule has 2 heterocycles. The molecule has 8 heteroatoms. The number of benzene rings is 3. The fraction of sp³-hybridized carbons (Fsp3) is 0.375. The van der Waals surface area contributed by atoms with E-state index >= 15 is 0 Å². The molecule has 0 aliphatic carbocycles. The number of ether oxygens (including phenoxy) is 2. The van der Waals surface area contributed by atoms with Crippen molar-refractivity contribution < 1.29 is 24.2 Å². The number of nitrogens with zero attached hydrogens (tertiary/aromatic N) is 2. The van der Waals surface area contributed by atoms with E-state index in [9.17, 15) is 14.7 Å². The van der Waals surface area contributed by atoms with E-state index in [1.54, 1.807) is 25.3 Å². The highest BCUT2D eigenvalue weighted by Crippen LogP contribution is 2.42. The number of hydrogen-bond acceptors (Lipinski definition) is 5. The Kier molecular flexibility index (Phi) is 8.62. The predicted octanol–water partition coefficient (Wildman–Crippen LogP) is 6.29. The Balaban J connectivity index is 1.14. The highest BCUT2D eigenvalue weighted by Gasteiger charge is 2.39. The molecule has 0 saturated carbocycles. The van der Waals surface area contributed by atoms with Gasteiger partial charge in [-0.05, 0) is 97.8 Å². The number of aliphatic carboxylic acids is 1. The van der Waals surface area contributed by atoms with E-state index in [1.807, 2.05) is 41.3 Å². The van der Waals surface area contributed by atoms with Crippen molar-refractivity contribution in [3.8, 4) is 17.2 Å². The minimum atomic E-state index is -0.976. The van der Waals surface area contributed by atoms with Crippen molar-refractivity contribution in [3.05, 3.63) is 88.4 Å². The summed E-state index contributed by atoms with van der Waals surface area (Å²) in [4.78, 5) is 29.0. The first-order chi connectivity index (χ1) is 19.3. The van der Waals surface area contributed by atoms with Gasteiger partial charge in [-0.1, -0.05) is 35.9 Å². The van der Waals surface area contributed by atoms with Crippen LogP contribution in [0.2, 0.25) is 5.02 Å². The maximum Gasteiger partial charge on any atom is 0.307 e. The molecule has 3 aromatic carbocycles. The van der Waals surface area contributed by atoms with E-state index in [2.05, 4.69) is 17.0 Å². The lowest BCUT2D eigenvalue weighted by Crippen LogP contribution is -2.48. The molecule has 5 rings (SSSR count). The fourth-order valence-electron chi connectivity index (χ4n) is 5.92. The number of para-hydroxylation sites is 2. The van der Waals surface area contributed by atoms with E-state index in [4.69, 9.17) is 21.1 Å². The molecule has 7 nitrogen and oxygen atoms in total. The summed E-state index contributed by atoms with van der Waals surface area (Å²) >= 11 is 6.07. The number of carboxylic acid groups (broad SMARTS) is 1. The molecule has 0 aromatic heterocycles. The SMILES string of the molecule is COc1ccccc1Oc1cccc(CN2CCC3(CC2)CCN(C(=O)c2ccc(Cl)cc2CC(=O)O)CC3)c1. The van der Waals surface area contributed by atoms with Gasteiger partial charge in [-0.2, -0.15) is 0 Å². The van der Waals surface area contributed by atoms with Gasteiger partial charge in [0, 0.05) is 30.2 Å². The van der Waals surface area contributed by atoms with Crippen LogP contribution in [0.4, 0.5) is 0 Å². The van der Waals surface area contributed by atoms with Crippen LogP contribution in [0.15, 0.2) is 66.7 Å². The second kappa shape index (κ2) is 12.3. The minimum Gasteiger partial charge on any atom is -0.493 e. The average molecular weight is 563 g/mol. The first kappa shape index (κ1) is 28.0. The number of carbonyl (C=O) groups excluding carboxylic acids is 1. The highest BCUT2D eigenvalue weighted by atomic mass is 35.5. The predicted molar refractivity (Wildman–Crippen MR) is 154 cm³/mol. The lowest BCUT2D eigenvalue weighted by atomic mass is 9.71. The smallest absolute Gasteiger partial charge is 0.307 e. The van der Waals surface area contributed by atoms with Crippen LogP contribution >= 0.6 is 11.6 Å². The normalized spacial score (nSPS) is 17.0. The van der Waals surface area contributed by atoms with Crippen LogP contribution in [0.5, 0.6) is 17.2 Å². The zero-order valence-corrected chi connectivity index (χ0v) is 23.5. The van der Waals surface area contributed by atoms with E-state index < -0.39 is 5.97 Å². The van der Waals surface area contributed by atoms with Gasteiger partial charge >= 0.3 is 5.97 Å². The monoisotopic (exact) mass is 562 g/mol. The summed E-state index contributed by atoms with van der Waals surface area (Å²) in [6, 6.07) is 20.8. The molecule has 1 N–H and O–H groups in total. The molecule has 1 amide bonds. The Hall–Kier alpha value is -3.55. The quantitative estimate of drug-likeness (QED) is 0.348. The Morgan fingerprint density at radius 2 is 1.60 bits per heavy atom. The molecule has 0 radical (unpaired) electrons. The fourth-order valence-corrected chi connectivity index (χ4v) is 6.11. The molecule has 0 atom stereocenters. The Morgan fingerprint density at radius 3 is 2.30 bits per heavy atom. The van der Waals surface area contributed by atoms with Crippen molar-refractivity contribution in [2.45, 2.75) is 38.6 Å². The molecule has 2 aliphatic heterocycles. The molecule has 2 saturated heterocycles. The van der Waals surface area contributed by atoms with Crippen LogP contribution < -0.4 is 9.47 Å². The molecule has 0 unspecified atom stereocenters. The lowest BCUT2D eigenvalue weighted by Gasteiger charge is -2.47. The number of piperidine rings is 2. The van der Waals surface area contributed by atoms with Gasteiger partial charge in [-0.15, -0.1) is 0 Å². The van der Waals surface area contributed by atoms with Gasteiger partial charge in [-0.25, -0.2) is 0 Å². The molecule has 40 heavy (non-hydrogen) atoms. The third-order valence-electron chi connectivity index (χ3n) is 8.27. The standard InChI is InChI=1S/C32H35ClN2O5/c1-39-28-7-2-3-8-29(28)40-26-6-4-5-23(19-26)22-34-15-11-32(12-16-34)13-17-35(18-14-32)31(38)27-10-9-25(33)20-24(27)21-30(36)37/h2-10,19-20H,11-18,21-22H2,1H3,(H,36,37). The van der Waals surface area contributed by atoms with E-state index in [0.29, 0.717) is 40.7 Å². The third kappa shape index (κ3) is 6.60. The maximum absolute atomic E-state index is 13.3. The van der Waals surface area contributed by atoms with Gasteiger partial charge in [-0.3, -0.25) is 14.5 Å². The number of hydrogen-bond donors (Lipinski definition) is 1. The molecular formula is C32H35ClN2O5. The van der Waals surface area contributed by atoms with Crippen molar-refractivity contribution in [1.29, 1.82) is 0 Å². The minimum absolute atomic E-state index is 0.101. The Labute approximate surface area is 240 Å². The summed E-state index contributed by atoms with van der Waals surface area (Å²) in [6.45, 7) is 4.29. The van der Waals surface area contributed by atoms with Gasteiger partial charge < -0.3 is 19.5 Å². The van der Waals surface area contributed by atoms with Crippen molar-refractivity contribution >= 4 is 23.5 Å². The average Bonchev–Trinajstić information content (AvgIpc) is 2.95. The Bertz CT molecular complexity index is 1360. The van der Waals surface area contributed by atoms with Crippen LogP contribution in [0.3, 0.4) is 0 Å². The van der Waals surface area contributed by atoms with E-state index in [0.717, 1.165) is 51.1 Å². The van der Waals surface area contributed by atoms with Crippen molar-refractivity contribution in [1.82, 2.24) is 9.80 Å². The molecule has 3 aromatic rings.